The van der Waals surface area contributed by atoms with Gasteiger partial charge in [0.2, 0.25) is 0 Å². The Morgan fingerprint density at radius 3 is 2.59 bits per heavy atom. The van der Waals surface area contributed by atoms with Gasteiger partial charge in [0.1, 0.15) is 11.9 Å². The van der Waals surface area contributed by atoms with Crippen molar-refractivity contribution in [2.24, 2.45) is 0 Å². The Balaban J connectivity index is 2.84. The summed E-state index contributed by atoms with van der Waals surface area (Å²) in [6, 6.07) is 4.83. The quantitative estimate of drug-likeness (QED) is 0.826. The second kappa shape index (κ2) is 6.72. The highest BCUT2D eigenvalue weighted by Crippen LogP contribution is 2.24. The van der Waals surface area contributed by atoms with Gasteiger partial charge in [-0.15, -0.1) is 0 Å². The summed E-state index contributed by atoms with van der Waals surface area (Å²) in [5.74, 6) is -0.284. The number of halogens is 1. The second-order valence-electron chi connectivity index (χ2n) is 4.24. The first kappa shape index (κ1) is 14.1. The first-order valence-corrected chi connectivity index (χ1v) is 6.15. The van der Waals surface area contributed by atoms with Crippen LogP contribution >= 0.6 is 0 Å². The molecule has 0 bridgehead atoms. The molecule has 2 unspecified atom stereocenters. The predicted molar refractivity (Wildman–Crippen MR) is 66.4 cm³/mol. The van der Waals surface area contributed by atoms with E-state index >= 15 is 0 Å². The van der Waals surface area contributed by atoms with Gasteiger partial charge in [-0.2, -0.15) is 0 Å². The fourth-order valence-electron chi connectivity index (χ4n) is 1.84. The van der Waals surface area contributed by atoms with E-state index in [-0.39, 0.29) is 11.9 Å². The number of hydrogen-bond donors (Lipinski definition) is 1. The highest BCUT2D eigenvalue weighted by Gasteiger charge is 2.21. The fraction of sp³-hybridized carbons (Fsp3) is 0.571. The molecule has 0 spiro atoms. The molecule has 0 aromatic heterocycles. The average molecular weight is 240 g/mol. The van der Waals surface area contributed by atoms with Crippen molar-refractivity contribution in [3.8, 4) is 0 Å². The first-order chi connectivity index (χ1) is 8.10. The van der Waals surface area contributed by atoms with E-state index in [1.165, 1.54) is 6.07 Å². The number of hydrogen-bond acceptors (Lipinski definition) is 2. The molecule has 0 saturated heterocycles. The monoisotopic (exact) mass is 240 g/mol. The molecular formula is C14H21FO2. The van der Waals surface area contributed by atoms with E-state index in [1.54, 1.807) is 19.1 Å². The molecule has 0 amide bonds. The van der Waals surface area contributed by atoms with Crippen molar-refractivity contribution in [3.05, 3.63) is 35.1 Å². The second-order valence-corrected chi connectivity index (χ2v) is 4.24. The van der Waals surface area contributed by atoms with Crippen molar-refractivity contribution in [1.82, 2.24) is 0 Å². The van der Waals surface area contributed by atoms with Gasteiger partial charge >= 0.3 is 0 Å². The molecule has 3 heteroatoms. The van der Waals surface area contributed by atoms with E-state index in [1.807, 2.05) is 13.8 Å². The maximum atomic E-state index is 13.4. The molecule has 0 aliphatic heterocycles. The van der Waals surface area contributed by atoms with Gasteiger partial charge in [0.15, 0.2) is 0 Å². The lowest BCUT2D eigenvalue weighted by molar-refractivity contribution is -0.0385. The van der Waals surface area contributed by atoms with Crippen molar-refractivity contribution in [1.29, 1.82) is 0 Å². The van der Waals surface area contributed by atoms with E-state index < -0.39 is 6.10 Å². The number of aryl methyl sites for hydroxylation is 1. The van der Waals surface area contributed by atoms with Crippen molar-refractivity contribution in [2.45, 2.75) is 45.8 Å². The predicted octanol–water partition coefficient (Wildman–Crippen LogP) is 3.37. The lowest BCUT2D eigenvalue weighted by Gasteiger charge is -2.23. The van der Waals surface area contributed by atoms with Crippen LogP contribution in [-0.2, 0) is 4.74 Å². The van der Waals surface area contributed by atoms with Crippen LogP contribution in [0.2, 0.25) is 0 Å². The van der Waals surface area contributed by atoms with Crippen LogP contribution in [-0.4, -0.2) is 17.8 Å². The molecule has 2 nitrogen and oxygen atoms in total. The van der Waals surface area contributed by atoms with E-state index in [2.05, 4.69) is 0 Å². The van der Waals surface area contributed by atoms with Crippen molar-refractivity contribution < 1.29 is 14.2 Å². The number of ether oxygens (including phenoxy) is 1. The number of rotatable bonds is 6. The van der Waals surface area contributed by atoms with Crippen LogP contribution in [0.25, 0.3) is 0 Å². The highest BCUT2D eigenvalue weighted by molar-refractivity contribution is 5.25. The summed E-state index contributed by atoms with van der Waals surface area (Å²) in [4.78, 5) is 0. The SMILES string of the molecule is CCCC(OCC)C(O)c1ccc(C)c(F)c1. The summed E-state index contributed by atoms with van der Waals surface area (Å²) in [6.07, 6.45) is 0.678. The Kier molecular flexibility index (Phi) is 5.59. The van der Waals surface area contributed by atoms with Gasteiger partial charge in [-0.25, -0.2) is 4.39 Å². The molecule has 1 aromatic carbocycles. The minimum absolute atomic E-state index is 0.257. The molecule has 0 aliphatic rings. The number of benzene rings is 1. The molecule has 0 fully saturated rings. The summed E-state index contributed by atoms with van der Waals surface area (Å²) in [5, 5.41) is 10.2. The lowest BCUT2D eigenvalue weighted by atomic mass is 9.99. The van der Waals surface area contributed by atoms with Gasteiger partial charge in [0.05, 0.1) is 6.10 Å². The van der Waals surface area contributed by atoms with Gasteiger partial charge < -0.3 is 9.84 Å². The normalized spacial score (nSPS) is 14.6. The zero-order valence-corrected chi connectivity index (χ0v) is 10.7. The third kappa shape index (κ3) is 3.79. The summed E-state index contributed by atoms with van der Waals surface area (Å²) in [5.41, 5.74) is 1.17. The Morgan fingerprint density at radius 1 is 1.35 bits per heavy atom. The summed E-state index contributed by atoms with van der Waals surface area (Å²) in [7, 11) is 0. The minimum atomic E-state index is -0.759. The summed E-state index contributed by atoms with van der Waals surface area (Å²) < 4.78 is 18.9. The average Bonchev–Trinajstić information content (AvgIpc) is 2.31. The van der Waals surface area contributed by atoms with E-state index in [0.29, 0.717) is 17.7 Å². The lowest BCUT2D eigenvalue weighted by Crippen LogP contribution is -2.22. The van der Waals surface area contributed by atoms with E-state index in [9.17, 15) is 9.50 Å². The molecule has 0 aliphatic carbocycles. The summed E-state index contributed by atoms with van der Waals surface area (Å²) in [6.45, 7) is 6.19. The standard InChI is InChI=1S/C14H21FO2/c1-4-6-13(17-5-2)14(16)11-8-7-10(3)12(15)9-11/h7-9,13-14,16H,4-6H2,1-3H3. The molecular weight excluding hydrogens is 219 g/mol. The first-order valence-electron chi connectivity index (χ1n) is 6.15. The van der Waals surface area contributed by atoms with Crippen LogP contribution in [0.5, 0.6) is 0 Å². The maximum Gasteiger partial charge on any atom is 0.126 e. The number of aliphatic hydroxyl groups excluding tert-OH is 1. The number of aliphatic hydroxyl groups is 1. The third-order valence-electron chi connectivity index (χ3n) is 2.84. The molecule has 0 heterocycles. The summed E-state index contributed by atoms with van der Waals surface area (Å²) >= 11 is 0. The van der Waals surface area contributed by atoms with Gasteiger partial charge in [-0.3, -0.25) is 0 Å². The van der Waals surface area contributed by atoms with Gasteiger partial charge in [-0.1, -0.05) is 25.5 Å². The molecule has 2 atom stereocenters. The molecule has 0 saturated carbocycles. The highest BCUT2D eigenvalue weighted by atomic mass is 19.1. The molecule has 96 valence electrons. The zero-order valence-electron chi connectivity index (χ0n) is 10.7. The largest absolute Gasteiger partial charge is 0.386 e. The minimum Gasteiger partial charge on any atom is -0.386 e. The molecule has 1 rings (SSSR count). The fourth-order valence-corrected chi connectivity index (χ4v) is 1.84. The zero-order chi connectivity index (χ0) is 12.8. The van der Waals surface area contributed by atoms with Gasteiger partial charge in [-0.05, 0) is 37.5 Å². The topological polar surface area (TPSA) is 29.5 Å². The van der Waals surface area contributed by atoms with Gasteiger partial charge in [0.25, 0.3) is 0 Å². The Morgan fingerprint density at radius 2 is 2.06 bits per heavy atom. The maximum absolute atomic E-state index is 13.4. The van der Waals surface area contributed by atoms with Crippen LogP contribution in [0.3, 0.4) is 0 Å². The van der Waals surface area contributed by atoms with Crippen molar-refractivity contribution >= 4 is 0 Å². The molecule has 1 aromatic rings. The van der Waals surface area contributed by atoms with Crippen LogP contribution < -0.4 is 0 Å². The Labute approximate surface area is 102 Å². The smallest absolute Gasteiger partial charge is 0.126 e. The van der Waals surface area contributed by atoms with Crippen LogP contribution in [0.15, 0.2) is 18.2 Å². The van der Waals surface area contributed by atoms with Crippen LogP contribution in [0, 0.1) is 12.7 Å². The van der Waals surface area contributed by atoms with Crippen molar-refractivity contribution in [3.63, 3.8) is 0 Å². The van der Waals surface area contributed by atoms with E-state index in [0.717, 1.165) is 12.8 Å². The molecule has 17 heavy (non-hydrogen) atoms. The Hall–Kier alpha value is -0.930. The molecule has 0 radical (unpaired) electrons. The van der Waals surface area contributed by atoms with Crippen LogP contribution in [0.4, 0.5) is 4.39 Å². The van der Waals surface area contributed by atoms with Crippen LogP contribution in [0.1, 0.15) is 43.9 Å². The Bertz CT molecular complexity index is 346. The molecule has 1 N–H and O–H groups in total. The third-order valence-corrected chi connectivity index (χ3v) is 2.84. The van der Waals surface area contributed by atoms with Gasteiger partial charge in [0, 0.05) is 6.61 Å². The van der Waals surface area contributed by atoms with E-state index in [4.69, 9.17) is 4.74 Å². The van der Waals surface area contributed by atoms with Crippen molar-refractivity contribution in [2.75, 3.05) is 6.61 Å².